The van der Waals surface area contributed by atoms with E-state index in [0.717, 1.165) is 13.1 Å². The summed E-state index contributed by atoms with van der Waals surface area (Å²) in [4.78, 5) is 0. The Bertz CT molecular complexity index is 197. The fraction of sp³-hybridized carbons (Fsp3) is 1.00. The highest BCUT2D eigenvalue weighted by Gasteiger charge is 2.22. The van der Waals surface area contributed by atoms with Crippen LogP contribution in [0.5, 0.6) is 0 Å². The molecule has 6 nitrogen and oxygen atoms in total. The van der Waals surface area contributed by atoms with Gasteiger partial charge >= 0.3 is 0 Å². The Morgan fingerprint density at radius 1 is 0.611 bits per heavy atom. The summed E-state index contributed by atoms with van der Waals surface area (Å²) < 4.78 is 27.6. The topological polar surface area (TPSA) is 58.2 Å². The van der Waals surface area contributed by atoms with Gasteiger partial charge in [0, 0.05) is 13.1 Å². The second-order valence-corrected chi connectivity index (χ2v) is 4.41. The molecule has 2 bridgehead atoms. The number of rotatable bonds is 0. The van der Waals surface area contributed by atoms with E-state index in [4.69, 9.17) is 23.7 Å². The lowest BCUT2D eigenvalue weighted by molar-refractivity contribution is -0.105. The Balaban J connectivity index is 1.72. The van der Waals surface area contributed by atoms with Crippen LogP contribution in [0.3, 0.4) is 0 Å². The summed E-state index contributed by atoms with van der Waals surface area (Å²) in [6.45, 7) is 6.48. The van der Waals surface area contributed by atoms with E-state index in [1.807, 2.05) is 0 Å². The van der Waals surface area contributed by atoms with Crippen molar-refractivity contribution >= 4 is 0 Å². The van der Waals surface area contributed by atoms with Crippen molar-refractivity contribution in [1.82, 2.24) is 5.32 Å². The second-order valence-electron chi connectivity index (χ2n) is 4.41. The average molecular weight is 261 g/mol. The van der Waals surface area contributed by atoms with E-state index in [-0.39, 0.29) is 12.2 Å². The molecule has 0 aliphatic carbocycles. The van der Waals surface area contributed by atoms with Gasteiger partial charge in [-0.3, -0.25) is 0 Å². The minimum atomic E-state index is 0.105. The van der Waals surface area contributed by atoms with Gasteiger partial charge in [-0.25, -0.2) is 0 Å². The molecule has 2 rings (SSSR count). The van der Waals surface area contributed by atoms with Gasteiger partial charge in [-0.15, -0.1) is 0 Å². The van der Waals surface area contributed by atoms with Crippen LogP contribution >= 0.6 is 0 Å². The second kappa shape index (κ2) is 8.79. The molecule has 1 N–H and O–H groups in total. The van der Waals surface area contributed by atoms with Crippen molar-refractivity contribution in [3.8, 4) is 0 Å². The first-order valence-corrected chi connectivity index (χ1v) is 6.62. The minimum absolute atomic E-state index is 0.105. The quantitative estimate of drug-likeness (QED) is 0.630. The van der Waals surface area contributed by atoms with Crippen LogP contribution in [0, 0.1) is 0 Å². The third kappa shape index (κ3) is 5.60. The van der Waals surface area contributed by atoms with Crippen LogP contribution in [-0.2, 0) is 23.7 Å². The Morgan fingerprint density at radius 2 is 1.06 bits per heavy atom. The summed E-state index contributed by atoms with van der Waals surface area (Å²) in [5.74, 6) is 0. The molecule has 6 heteroatoms. The van der Waals surface area contributed by atoms with Crippen molar-refractivity contribution < 1.29 is 23.7 Å². The van der Waals surface area contributed by atoms with Gasteiger partial charge < -0.3 is 29.0 Å². The van der Waals surface area contributed by atoms with Crippen molar-refractivity contribution in [3.05, 3.63) is 0 Å². The Kier molecular flexibility index (Phi) is 6.92. The zero-order valence-corrected chi connectivity index (χ0v) is 10.8. The summed E-state index contributed by atoms with van der Waals surface area (Å²) in [6, 6.07) is 0. The van der Waals surface area contributed by atoms with Crippen LogP contribution in [0.25, 0.3) is 0 Å². The van der Waals surface area contributed by atoms with Crippen molar-refractivity contribution in [3.63, 3.8) is 0 Å². The molecule has 106 valence electrons. The summed E-state index contributed by atoms with van der Waals surface area (Å²) in [7, 11) is 0. The Morgan fingerprint density at radius 3 is 1.56 bits per heavy atom. The van der Waals surface area contributed by atoms with E-state index < -0.39 is 0 Å². The highest BCUT2D eigenvalue weighted by Crippen LogP contribution is 2.05. The van der Waals surface area contributed by atoms with Crippen LogP contribution in [0.4, 0.5) is 0 Å². The number of morpholine rings is 1. The number of ether oxygens (including phenoxy) is 5. The van der Waals surface area contributed by atoms with Gasteiger partial charge in [0.15, 0.2) is 0 Å². The van der Waals surface area contributed by atoms with Crippen molar-refractivity contribution in [2.75, 3.05) is 65.9 Å². The lowest BCUT2D eigenvalue weighted by atomic mass is 10.2. The van der Waals surface area contributed by atoms with Gasteiger partial charge in [0.1, 0.15) is 0 Å². The molecule has 0 amide bonds. The maximum Gasteiger partial charge on any atom is 0.0938 e. The molecular weight excluding hydrogens is 238 g/mol. The van der Waals surface area contributed by atoms with E-state index >= 15 is 0 Å². The Labute approximate surface area is 108 Å². The first-order valence-electron chi connectivity index (χ1n) is 6.62. The molecule has 0 aromatic heterocycles. The molecule has 18 heavy (non-hydrogen) atoms. The summed E-state index contributed by atoms with van der Waals surface area (Å²) >= 11 is 0. The third-order valence-electron chi connectivity index (χ3n) is 2.85. The highest BCUT2D eigenvalue weighted by atomic mass is 16.6. The monoisotopic (exact) mass is 261 g/mol. The van der Waals surface area contributed by atoms with Gasteiger partial charge in [0.25, 0.3) is 0 Å². The van der Waals surface area contributed by atoms with Gasteiger partial charge in [-0.1, -0.05) is 0 Å². The molecule has 0 spiro atoms. The molecule has 2 unspecified atom stereocenters. The van der Waals surface area contributed by atoms with Crippen LogP contribution in [0.15, 0.2) is 0 Å². The standard InChI is InChI=1S/C12H23NO5/c1-2-15-4-6-17-10-12-8-13-7-11(18-12)9-16-5-3-14-1/h11-13H,1-10H2. The molecule has 2 aliphatic heterocycles. The fourth-order valence-electron chi connectivity index (χ4n) is 1.96. The van der Waals surface area contributed by atoms with Crippen LogP contribution < -0.4 is 5.32 Å². The number of hydrogen-bond acceptors (Lipinski definition) is 6. The van der Waals surface area contributed by atoms with Crippen molar-refractivity contribution in [2.45, 2.75) is 12.2 Å². The third-order valence-corrected chi connectivity index (χ3v) is 2.85. The molecule has 2 heterocycles. The molecule has 2 aliphatic rings. The first kappa shape index (κ1) is 14.2. The minimum Gasteiger partial charge on any atom is -0.377 e. The smallest absolute Gasteiger partial charge is 0.0938 e. The predicted molar refractivity (Wildman–Crippen MR) is 64.8 cm³/mol. The van der Waals surface area contributed by atoms with E-state index in [2.05, 4.69) is 5.32 Å². The molecule has 2 saturated heterocycles. The zero-order valence-electron chi connectivity index (χ0n) is 10.8. The molecule has 2 atom stereocenters. The van der Waals surface area contributed by atoms with Gasteiger partial charge in [0.05, 0.1) is 65.1 Å². The molecule has 2 fully saturated rings. The summed E-state index contributed by atoms with van der Waals surface area (Å²) in [5, 5.41) is 3.33. The predicted octanol–water partition coefficient (Wildman–Crippen LogP) is -0.577. The van der Waals surface area contributed by atoms with E-state index in [9.17, 15) is 0 Å². The van der Waals surface area contributed by atoms with Crippen molar-refractivity contribution in [1.29, 1.82) is 0 Å². The number of hydrogen-bond donors (Lipinski definition) is 1. The van der Waals surface area contributed by atoms with Crippen molar-refractivity contribution in [2.24, 2.45) is 0 Å². The van der Waals surface area contributed by atoms with E-state index in [1.165, 1.54) is 0 Å². The van der Waals surface area contributed by atoms with Gasteiger partial charge in [0.2, 0.25) is 0 Å². The lowest BCUT2D eigenvalue weighted by Crippen LogP contribution is -2.48. The van der Waals surface area contributed by atoms with Crippen LogP contribution in [0.1, 0.15) is 0 Å². The number of nitrogens with one attached hydrogen (secondary N) is 1. The Hall–Kier alpha value is -0.240. The zero-order chi connectivity index (χ0) is 12.5. The van der Waals surface area contributed by atoms with Crippen LogP contribution in [-0.4, -0.2) is 78.2 Å². The SMILES string of the molecule is C1COCCOCC2CNCC(COCCO1)O2. The van der Waals surface area contributed by atoms with E-state index in [1.54, 1.807) is 0 Å². The maximum absolute atomic E-state index is 5.87. The average Bonchev–Trinajstić information content (AvgIpc) is 2.40. The number of fused-ring (bicyclic) bond motifs is 2. The molecule has 0 radical (unpaired) electrons. The van der Waals surface area contributed by atoms with Gasteiger partial charge in [-0.2, -0.15) is 0 Å². The largest absolute Gasteiger partial charge is 0.377 e. The van der Waals surface area contributed by atoms with E-state index in [0.29, 0.717) is 52.9 Å². The first-order chi connectivity index (χ1) is 8.95. The normalized spacial score (nSPS) is 33.3. The van der Waals surface area contributed by atoms with Gasteiger partial charge in [-0.05, 0) is 0 Å². The molecule has 0 aromatic rings. The molecule has 0 saturated carbocycles. The fourth-order valence-corrected chi connectivity index (χ4v) is 1.96. The summed E-state index contributed by atoms with van der Waals surface area (Å²) in [6.07, 6.45) is 0.211. The molecular formula is C12H23NO5. The lowest BCUT2D eigenvalue weighted by Gasteiger charge is -2.30. The highest BCUT2D eigenvalue weighted by molar-refractivity contribution is 4.74. The van der Waals surface area contributed by atoms with Crippen LogP contribution in [0.2, 0.25) is 0 Å². The maximum atomic E-state index is 5.87. The summed E-state index contributed by atoms with van der Waals surface area (Å²) in [5.41, 5.74) is 0. The molecule has 0 aromatic carbocycles.